The van der Waals surface area contributed by atoms with E-state index in [1.165, 1.54) is 0 Å². The van der Waals surface area contributed by atoms with Crippen LogP contribution in [0, 0.1) is 5.92 Å². The van der Waals surface area contributed by atoms with Gasteiger partial charge in [-0.3, -0.25) is 4.79 Å². The van der Waals surface area contributed by atoms with Crippen molar-refractivity contribution in [2.45, 2.75) is 19.4 Å². The average Bonchev–Trinajstić information content (AvgIpc) is 3.37. The van der Waals surface area contributed by atoms with E-state index in [0.29, 0.717) is 6.61 Å². The lowest BCUT2D eigenvalue weighted by molar-refractivity contribution is 0.0970. The van der Waals surface area contributed by atoms with Crippen LogP contribution in [0.25, 0.3) is 0 Å². The molecule has 0 heterocycles. The van der Waals surface area contributed by atoms with Crippen LogP contribution in [0.15, 0.2) is 36.4 Å². The fourth-order valence-electron chi connectivity index (χ4n) is 2.47. The second kappa shape index (κ2) is 6.99. The van der Waals surface area contributed by atoms with E-state index in [2.05, 4.69) is 18.5 Å². The molecule has 3 nitrogen and oxygen atoms in total. The van der Waals surface area contributed by atoms with Crippen LogP contribution in [-0.4, -0.2) is 12.9 Å². The number of carbonyl (C=O) groups is 1. The Bertz CT molecular complexity index is 699. The Balaban J connectivity index is 1.71. The fraction of sp³-hybridized carbons (Fsp3) is 0.278. The summed E-state index contributed by atoms with van der Waals surface area (Å²) in [6.07, 6.45) is 2.03. The molecule has 0 aliphatic heterocycles. The van der Waals surface area contributed by atoms with Crippen molar-refractivity contribution < 1.29 is 14.3 Å². The summed E-state index contributed by atoms with van der Waals surface area (Å²) >= 11 is 0. The molecule has 0 saturated heterocycles. The van der Waals surface area contributed by atoms with Crippen LogP contribution in [0.5, 0.6) is 11.5 Å². The Labute approximate surface area is 141 Å². The van der Waals surface area contributed by atoms with Crippen molar-refractivity contribution in [2.24, 2.45) is 5.92 Å². The maximum atomic E-state index is 12.3. The molecule has 23 heavy (non-hydrogen) atoms. The van der Waals surface area contributed by atoms with Gasteiger partial charge in [0.15, 0.2) is 5.78 Å². The van der Waals surface area contributed by atoms with Crippen molar-refractivity contribution in [3.63, 3.8) is 0 Å². The Hall–Kier alpha value is -1.43. The summed E-state index contributed by atoms with van der Waals surface area (Å²) in [5.41, 5.74) is 1.87. The van der Waals surface area contributed by atoms with Crippen molar-refractivity contribution in [1.29, 1.82) is 0 Å². The van der Waals surface area contributed by atoms with Crippen LogP contribution >= 0.6 is 18.5 Å². The lowest BCUT2D eigenvalue weighted by Gasteiger charge is -2.13. The molecule has 0 bridgehead atoms. The van der Waals surface area contributed by atoms with Gasteiger partial charge in [0, 0.05) is 11.5 Å². The molecular weight excluding hydrogens is 326 g/mol. The monoisotopic (exact) mass is 346 g/mol. The van der Waals surface area contributed by atoms with Crippen molar-refractivity contribution in [2.75, 3.05) is 7.11 Å². The summed E-state index contributed by atoms with van der Waals surface area (Å²) in [5, 5.41) is 1.80. The van der Waals surface area contributed by atoms with Gasteiger partial charge in [0.2, 0.25) is 0 Å². The van der Waals surface area contributed by atoms with Crippen LogP contribution in [0.2, 0.25) is 0 Å². The summed E-state index contributed by atoms with van der Waals surface area (Å²) in [7, 11) is 6.96. The number of rotatable bonds is 6. The quantitative estimate of drug-likeness (QED) is 0.596. The van der Waals surface area contributed by atoms with Gasteiger partial charge in [-0.15, -0.1) is 18.5 Å². The third kappa shape index (κ3) is 3.91. The number of methoxy groups -OCH3 is 1. The van der Waals surface area contributed by atoms with Crippen molar-refractivity contribution >= 4 is 34.9 Å². The van der Waals surface area contributed by atoms with Crippen LogP contribution < -0.4 is 20.1 Å². The number of benzene rings is 2. The molecule has 2 aromatic rings. The second-order valence-corrected chi connectivity index (χ2v) is 7.00. The Morgan fingerprint density at radius 3 is 2.22 bits per heavy atom. The third-order valence-corrected chi connectivity index (χ3v) is 4.84. The number of ketones is 1. The van der Waals surface area contributed by atoms with Crippen LogP contribution in [-0.2, 0) is 6.61 Å². The summed E-state index contributed by atoms with van der Waals surface area (Å²) in [6.45, 7) is 0.480. The lowest BCUT2D eigenvalue weighted by Crippen LogP contribution is -2.21. The molecule has 5 heteroatoms. The summed E-state index contributed by atoms with van der Waals surface area (Å²) in [5.74, 6) is 2.07. The van der Waals surface area contributed by atoms with Crippen molar-refractivity contribution in [1.82, 2.24) is 0 Å². The Morgan fingerprint density at radius 2 is 1.70 bits per heavy atom. The van der Waals surface area contributed by atoms with Crippen LogP contribution in [0.4, 0.5) is 0 Å². The molecule has 0 N–H and O–H groups in total. The highest BCUT2D eigenvalue weighted by atomic mass is 31.0. The number of Topliss-reactive ketones (excluding diaryl/α,β-unsaturated/α-hetero) is 1. The zero-order valence-corrected chi connectivity index (χ0v) is 15.4. The fourth-order valence-corrected chi connectivity index (χ4v) is 3.58. The molecule has 0 spiro atoms. The van der Waals surface area contributed by atoms with E-state index in [0.717, 1.165) is 46.1 Å². The lowest BCUT2D eigenvalue weighted by atomic mass is 10.1. The zero-order valence-electron chi connectivity index (χ0n) is 13.0. The topological polar surface area (TPSA) is 35.5 Å². The van der Waals surface area contributed by atoms with Gasteiger partial charge in [-0.05, 0) is 53.3 Å². The molecule has 2 unspecified atom stereocenters. The first-order chi connectivity index (χ1) is 11.1. The molecule has 2 atom stereocenters. The molecule has 0 amide bonds. The number of carbonyl (C=O) groups excluding carboxylic acids is 1. The van der Waals surface area contributed by atoms with Gasteiger partial charge >= 0.3 is 0 Å². The predicted molar refractivity (Wildman–Crippen MR) is 99.5 cm³/mol. The number of hydrogen-bond donors (Lipinski definition) is 0. The van der Waals surface area contributed by atoms with Gasteiger partial charge in [-0.2, -0.15) is 0 Å². The first kappa shape index (κ1) is 16.4. The van der Waals surface area contributed by atoms with Gasteiger partial charge in [0.25, 0.3) is 0 Å². The molecule has 3 rings (SSSR count). The summed E-state index contributed by atoms with van der Waals surface area (Å²) < 4.78 is 11.0. The van der Waals surface area contributed by atoms with E-state index >= 15 is 0 Å². The molecule has 1 aliphatic carbocycles. The highest BCUT2D eigenvalue weighted by molar-refractivity contribution is 7.30. The molecule has 2 aromatic carbocycles. The molecule has 120 valence electrons. The number of hydrogen-bond acceptors (Lipinski definition) is 3. The minimum absolute atomic E-state index is 0.222. The van der Waals surface area contributed by atoms with Crippen LogP contribution in [0.3, 0.4) is 0 Å². The Morgan fingerprint density at radius 1 is 1.09 bits per heavy atom. The van der Waals surface area contributed by atoms with E-state index in [9.17, 15) is 4.79 Å². The zero-order chi connectivity index (χ0) is 16.4. The normalized spacial score (nSPS) is 13.7. The molecule has 1 aliphatic rings. The second-order valence-electron chi connectivity index (χ2n) is 5.75. The molecule has 0 radical (unpaired) electrons. The SMILES string of the molecule is COc1ccc(COc2cc(P)c(C(=O)C3CC3)c(P)c2)cc1. The van der Waals surface area contributed by atoms with E-state index in [4.69, 9.17) is 9.47 Å². The first-order valence-corrected chi connectivity index (χ1v) is 8.73. The molecule has 0 aromatic heterocycles. The smallest absolute Gasteiger partial charge is 0.167 e. The highest BCUT2D eigenvalue weighted by Gasteiger charge is 2.32. The van der Waals surface area contributed by atoms with Gasteiger partial charge in [-0.1, -0.05) is 12.1 Å². The maximum Gasteiger partial charge on any atom is 0.167 e. The van der Waals surface area contributed by atoms with Gasteiger partial charge in [-0.25, -0.2) is 0 Å². The summed E-state index contributed by atoms with van der Waals surface area (Å²) in [4.78, 5) is 12.3. The standard InChI is InChI=1S/C18H20O3P2/c1-20-13-6-2-11(3-7-13)10-21-14-8-15(22)17(16(23)9-14)18(19)12-4-5-12/h2-3,6-9,12H,4-5,10,22-23H2,1H3. The van der Waals surface area contributed by atoms with Crippen molar-refractivity contribution in [3.8, 4) is 11.5 Å². The minimum Gasteiger partial charge on any atom is -0.497 e. The average molecular weight is 346 g/mol. The largest absolute Gasteiger partial charge is 0.497 e. The van der Waals surface area contributed by atoms with Gasteiger partial charge < -0.3 is 9.47 Å². The van der Waals surface area contributed by atoms with E-state index in [1.807, 2.05) is 36.4 Å². The molecule has 1 saturated carbocycles. The minimum atomic E-state index is 0.222. The van der Waals surface area contributed by atoms with Gasteiger partial charge in [0.05, 0.1) is 7.11 Å². The third-order valence-electron chi connectivity index (χ3n) is 3.93. The van der Waals surface area contributed by atoms with Gasteiger partial charge in [0.1, 0.15) is 18.1 Å². The van der Waals surface area contributed by atoms with Crippen molar-refractivity contribution in [3.05, 3.63) is 47.5 Å². The Kier molecular flexibility index (Phi) is 4.99. The molecule has 1 fully saturated rings. The predicted octanol–water partition coefficient (Wildman–Crippen LogP) is 2.87. The first-order valence-electron chi connectivity index (χ1n) is 7.57. The number of ether oxygens (including phenoxy) is 2. The summed E-state index contributed by atoms with van der Waals surface area (Å²) in [6, 6.07) is 11.6. The van der Waals surface area contributed by atoms with E-state index < -0.39 is 0 Å². The molecular formula is C18H20O3P2. The van der Waals surface area contributed by atoms with E-state index in [1.54, 1.807) is 7.11 Å². The van der Waals surface area contributed by atoms with E-state index in [-0.39, 0.29) is 11.7 Å². The maximum absolute atomic E-state index is 12.3. The van der Waals surface area contributed by atoms with Crippen LogP contribution in [0.1, 0.15) is 28.8 Å². The highest BCUT2D eigenvalue weighted by Crippen LogP contribution is 2.33.